The van der Waals surface area contributed by atoms with Crippen LogP contribution in [0.3, 0.4) is 0 Å². The number of fused-ring (bicyclic) bond motifs is 1. The molecule has 5 aliphatic rings. The molecule has 4 saturated carbocycles. The number of nitrogens with zero attached hydrogens (tertiary/aromatic N) is 1. The zero-order valence-corrected chi connectivity index (χ0v) is 9.13. The maximum absolute atomic E-state index is 12.8. The number of rotatable bonds is 2. The van der Waals surface area contributed by atoms with Crippen LogP contribution in [0.4, 0.5) is 13.2 Å². The third-order valence-corrected chi connectivity index (χ3v) is 5.41. The Morgan fingerprint density at radius 1 is 1.06 bits per heavy atom. The molecular weight excluding hydrogens is 215 g/mol. The monoisotopic (exact) mass is 231 g/mol. The summed E-state index contributed by atoms with van der Waals surface area (Å²) in [4.78, 5) is 2.30. The predicted molar refractivity (Wildman–Crippen MR) is 52.7 cm³/mol. The zero-order valence-electron chi connectivity index (χ0n) is 9.13. The van der Waals surface area contributed by atoms with E-state index in [4.69, 9.17) is 0 Å². The van der Waals surface area contributed by atoms with Gasteiger partial charge in [0.25, 0.3) is 0 Å². The summed E-state index contributed by atoms with van der Waals surface area (Å²) in [6.07, 6.45) is -0.940. The normalized spacial score (nSPS) is 54.2. The van der Waals surface area contributed by atoms with Gasteiger partial charge in [-0.1, -0.05) is 0 Å². The molecule has 0 spiro atoms. The van der Waals surface area contributed by atoms with Gasteiger partial charge in [0.2, 0.25) is 0 Å². The molecule has 5 rings (SSSR count). The van der Waals surface area contributed by atoms with Gasteiger partial charge in [0, 0.05) is 19.6 Å². The Hall–Kier alpha value is -0.250. The summed E-state index contributed by atoms with van der Waals surface area (Å²) < 4.78 is 38.3. The highest BCUT2D eigenvalue weighted by molar-refractivity contribution is 5.17. The highest BCUT2D eigenvalue weighted by atomic mass is 19.4. The molecule has 1 saturated heterocycles. The van der Waals surface area contributed by atoms with Crippen LogP contribution in [0.25, 0.3) is 0 Å². The van der Waals surface area contributed by atoms with Crippen molar-refractivity contribution in [1.82, 2.24) is 4.90 Å². The van der Waals surface area contributed by atoms with Gasteiger partial charge in [-0.2, -0.15) is 13.2 Å². The number of hydrogen-bond acceptors (Lipinski definition) is 1. The van der Waals surface area contributed by atoms with Gasteiger partial charge in [-0.25, -0.2) is 0 Å². The first-order chi connectivity index (χ1) is 7.48. The smallest absolute Gasteiger partial charge is 0.302 e. The van der Waals surface area contributed by atoms with E-state index in [0.717, 1.165) is 44.3 Å². The summed E-state index contributed by atoms with van der Waals surface area (Å²) in [5.41, 5.74) is -0.361. The van der Waals surface area contributed by atoms with E-state index in [2.05, 4.69) is 4.90 Å². The van der Waals surface area contributed by atoms with Crippen molar-refractivity contribution in [2.45, 2.75) is 25.4 Å². The Kier molecular flexibility index (Phi) is 1.58. The molecule has 0 amide bonds. The Bertz CT molecular complexity index is 322. The van der Waals surface area contributed by atoms with E-state index in [1.807, 2.05) is 0 Å². The lowest BCUT2D eigenvalue weighted by atomic mass is 9.37. The van der Waals surface area contributed by atoms with E-state index in [9.17, 15) is 13.2 Å². The molecule has 0 aromatic rings. The van der Waals surface area contributed by atoms with Crippen LogP contribution < -0.4 is 0 Å². The first kappa shape index (κ1) is 9.75. The van der Waals surface area contributed by atoms with Crippen LogP contribution in [0.2, 0.25) is 0 Å². The van der Waals surface area contributed by atoms with Crippen molar-refractivity contribution in [2.24, 2.45) is 29.1 Å². The van der Waals surface area contributed by atoms with Crippen LogP contribution in [0.15, 0.2) is 0 Å². The molecule has 16 heavy (non-hydrogen) atoms. The molecule has 3 atom stereocenters. The molecule has 1 aliphatic heterocycles. The molecular formula is C12H16F3N. The van der Waals surface area contributed by atoms with Crippen molar-refractivity contribution in [1.29, 1.82) is 0 Å². The van der Waals surface area contributed by atoms with Crippen LogP contribution in [-0.2, 0) is 0 Å². The summed E-state index contributed by atoms with van der Waals surface area (Å²) in [5.74, 6) is 0.669. The second-order valence-corrected chi connectivity index (χ2v) is 6.50. The Morgan fingerprint density at radius 2 is 1.69 bits per heavy atom. The summed E-state index contributed by atoms with van der Waals surface area (Å²) in [6.45, 7) is 2.87. The summed E-state index contributed by atoms with van der Waals surface area (Å²) >= 11 is 0. The van der Waals surface area contributed by atoms with E-state index in [-0.39, 0.29) is 11.3 Å². The minimum Gasteiger partial charge on any atom is -0.302 e. The van der Waals surface area contributed by atoms with Crippen LogP contribution in [0.1, 0.15) is 19.3 Å². The number of hydrogen-bond donors (Lipinski definition) is 0. The van der Waals surface area contributed by atoms with Crippen molar-refractivity contribution < 1.29 is 13.2 Å². The summed E-state index contributed by atoms with van der Waals surface area (Å²) in [7, 11) is 0. The van der Waals surface area contributed by atoms with Crippen molar-refractivity contribution in [2.75, 3.05) is 19.6 Å². The predicted octanol–water partition coefficient (Wildman–Crippen LogP) is 2.53. The fraction of sp³-hybridized carbons (Fsp3) is 1.00. The van der Waals surface area contributed by atoms with Crippen molar-refractivity contribution in [3.63, 3.8) is 0 Å². The topological polar surface area (TPSA) is 3.24 Å². The minimum absolute atomic E-state index is 0.0304. The first-order valence-electron chi connectivity index (χ1n) is 6.27. The van der Waals surface area contributed by atoms with Gasteiger partial charge in [-0.3, -0.25) is 0 Å². The van der Waals surface area contributed by atoms with Crippen LogP contribution >= 0.6 is 0 Å². The quantitative estimate of drug-likeness (QED) is 0.706. The molecule has 4 aliphatic carbocycles. The fourth-order valence-corrected chi connectivity index (χ4v) is 4.56. The first-order valence-corrected chi connectivity index (χ1v) is 6.27. The molecule has 3 unspecified atom stereocenters. The lowest BCUT2D eigenvalue weighted by Crippen LogP contribution is -2.69. The van der Waals surface area contributed by atoms with Crippen LogP contribution in [0, 0.1) is 29.1 Å². The van der Waals surface area contributed by atoms with Gasteiger partial charge in [0.1, 0.15) is 0 Å². The third-order valence-electron chi connectivity index (χ3n) is 5.41. The molecule has 0 aromatic carbocycles. The Balaban J connectivity index is 1.44. The van der Waals surface area contributed by atoms with Gasteiger partial charge in [-0.15, -0.1) is 0 Å². The third kappa shape index (κ3) is 1.12. The van der Waals surface area contributed by atoms with Crippen LogP contribution in [0.5, 0.6) is 0 Å². The van der Waals surface area contributed by atoms with E-state index < -0.39 is 12.1 Å². The molecule has 1 heterocycles. The van der Waals surface area contributed by atoms with Gasteiger partial charge in [-0.05, 0) is 42.4 Å². The van der Waals surface area contributed by atoms with E-state index >= 15 is 0 Å². The van der Waals surface area contributed by atoms with Gasteiger partial charge in [0.15, 0.2) is 0 Å². The van der Waals surface area contributed by atoms with Crippen LogP contribution in [-0.4, -0.2) is 30.7 Å². The molecule has 2 bridgehead atoms. The maximum Gasteiger partial charge on any atom is 0.392 e. The molecule has 0 aromatic heterocycles. The largest absolute Gasteiger partial charge is 0.392 e. The number of alkyl halides is 3. The second kappa shape index (κ2) is 2.60. The second-order valence-electron chi connectivity index (χ2n) is 6.50. The molecule has 90 valence electrons. The molecule has 0 radical (unpaired) electrons. The van der Waals surface area contributed by atoms with Gasteiger partial charge >= 0.3 is 6.18 Å². The zero-order chi connectivity index (χ0) is 11.1. The molecule has 1 nitrogen and oxygen atoms in total. The van der Waals surface area contributed by atoms with Gasteiger partial charge < -0.3 is 4.90 Å². The highest BCUT2D eigenvalue weighted by Gasteiger charge is 2.74. The van der Waals surface area contributed by atoms with Crippen molar-refractivity contribution in [3.05, 3.63) is 0 Å². The Morgan fingerprint density at radius 3 is 2.12 bits per heavy atom. The molecule has 0 N–H and O–H groups in total. The van der Waals surface area contributed by atoms with E-state index in [1.165, 1.54) is 6.42 Å². The summed E-state index contributed by atoms with van der Waals surface area (Å²) in [5, 5.41) is 0. The van der Waals surface area contributed by atoms with E-state index in [0.29, 0.717) is 0 Å². The Labute approximate surface area is 93.0 Å². The minimum atomic E-state index is -3.94. The number of piperidine rings is 1. The standard InChI is InChI=1S/C12H16F3N/c13-12(14,15)10-9-2-11(10,3-9)6-16-4-7-1-8(7)5-16/h7-10H,1-6H2. The lowest BCUT2D eigenvalue weighted by Gasteiger charge is -2.69. The maximum atomic E-state index is 12.8. The van der Waals surface area contributed by atoms with E-state index in [1.54, 1.807) is 0 Å². The van der Waals surface area contributed by atoms with Crippen molar-refractivity contribution >= 4 is 0 Å². The number of halogens is 3. The average molecular weight is 231 g/mol. The van der Waals surface area contributed by atoms with Gasteiger partial charge in [0.05, 0.1) is 5.92 Å². The fourth-order valence-electron chi connectivity index (χ4n) is 4.56. The molecule has 5 fully saturated rings. The average Bonchev–Trinajstić information content (AvgIpc) is 2.63. The SMILES string of the molecule is FC(F)(F)C1C2CC1(CN1CC3CC3C1)C2. The summed E-state index contributed by atoms with van der Waals surface area (Å²) in [6, 6.07) is 0. The highest BCUT2D eigenvalue weighted by Crippen LogP contribution is 2.73. The lowest BCUT2D eigenvalue weighted by molar-refractivity contribution is -0.335. The number of likely N-dealkylation sites (tertiary alicyclic amines) is 1. The van der Waals surface area contributed by atoms with Crippen molar-refractivity contribution in [3.8, 4) is 0 Å². The molecule has 4 heteroatoms.